The molecule has 0 aromatic heterocycles. The second kappa shape index (κ2) is 6.47. The summed E-state index contributed by atoms with van der Waals surface area (Å²) >= 11 is 0. The summed E-state index contributed by atoms with van der Waals surface area (Å²) in [5.41, 5.74) is 0. The van der Waals surface area contributed by atoms with Crippen molar-refractivity contribution in [2.75, 3.05) is 13.2 Å². The van der Waals surface area contributed by atoms with Crippen LogP contribution in [0.25, 0.3) is 0 Å². The van der Waals surface area contributed by atoms with E-state index in [2.05, 4.69) is 0 Å². The number of hydrogen-bond donors (Lipinski definition) is 6. The molecule has 0 aliphatic carbocycles. The van der Waals surface area contributed by atoms with Crippen LogP contribution in [0, 0.1) is 0 Å². The van der Waals surface area contributed by atoms with Gasteiger partial charge in [-0.2, -0.15) is 0 Å². The van der Waals surface area contributed by atoms with Crippen LogP contribution in [0.5, 0.6) is 0 Å². The zero-order valence-corrected chi connectivity index (χ0v) is 6.17. The Hall–Kier alpha value is -0.240. The Labute approximate surface area is 64.0 Å². The van der Waals surface area contributed by atoms with E-state index >= 15 is 0 Å². The average molecular weight is 170 g/mol. The molecule has 70 valence electrons. The van der Waals surface area contributed by atoms with E-state index < -0.39 is 12.1 Å². The third-order valence-corrected chi connectivity index (χ3v) is 0.421. The molecule has 0 aromatic rings. The predicted molar refractivity (Wildman–Crippen MR) is 35.2 cm³/mol. The number of hydrogen-bond acceptors (Lipinski definition) is 6. The van der Waals surface area contributed by atoms with Gasteiger partial charge in [-0.1, -0.05) is 0 Å². The van der Waals surface area contributed by atoms with Crippen molar-refractivity contribution in [1.82, 2.24) is 0 Å². The van der Waals surface area contributed by atoms with Gasteiger partial charge in [-0.15, -0.1) is 0 Å². The van der Waals surface area contributed by atoms with Crippen molar-refractivity contribution in [2.45, 2.75) is 19.0 Å². The van der Waals surface area contributed by atoms with E-state index in [9.17, 15) is 0 Å². The number of aliphatic hydroxyl groups excluding tert-OH is 3. The smallest absolute Gasteiger partial charge is 0.272 e. The van der Waals surface area contributed by atoms with Crippen molar-refractivity contribution in [2.24, 2.45) is 0 Å². The highest BCUT2D eigenvalue weighted by atomic mass is 16.7. The summed E-state index contributed by atoms with van der Waals surface area (Å²) in [6.45, 7) is 0.125. The molecular formula is C5H14O6. The van der Waals surface area contributed by atoms with Crippen LogP contribution in [0.3, 0.4) is 0 Å². The van der Waals surface area contributed by atoms with Gasteiger partial charge in [0.25, 0.3) is 5.97 Å². The Morgan fingerprint density at radius 3 is 1.27 bits per heavy atom. The molecule has 0 saturated heterocycles. The molecular weight excluding hydrogens is 156 g/mol. The lowest BCUT2D eigenvalue weighted by atomic mass is 10.4. The van der Waals surface area contributed by atoms with E-state index in [0.717, 1.165) is 6.92 Å². The summed E-state index contributed by atoms with van der Waals surface area (Å²) < 4.78 is 0. The Bertz CT molecular complexity index is 67.5. The highest BCUT2D eigenvalue weighted by molar-refractivity contribution is 4.43. The summed E-state index contributed by atoms with van der Waals surface area (Å²) in [5, 5.41) is 46.9. The van der Waals surface area contributed by atoms with Gasteiger partial charge in [-0.25, -0.2) is 0 Å². The molecule has 0 atom stereocenters. The molecule has 0 rings (SSSR count). The van der Waals surface area contributed by atoms with E-state index in [4.69, 9.17) is 30.6 Å². The maximum absolute atomic E-state index is 8.17. The fourth-order valence-corrected chi connectivity index (χ4v) is 0.0577. The lowest BCUT2D eigenvalue weighted by Gasteiger charge is -2.01. The van der Waals surface area contributed by atoms with Crippen molar-refractivity contribution in [3.8, 4) is 0 Å². The number of aliphatic hydroxyl groups is 6. The third-order valence-electron chi connectivity index (χ3n) is 0.421. The fraction of sp³-hybridized carbons (Fsp3) is 1.00. The lowest BCUT2D eigenvalue weighted by molar-refractivity contribution is -0.297. The van der Waals surface area contributed by atoms with E-state index in [1.807, 2.05) is 0 Å². The first-order valence-corrected chi connectivity index (χ1v) is 2.88. The van der Waals surface area contributed by atoms with Crippen LogP contribution in [0.15, 0.2) is 0 Å². The standard InChI is InChI=1S/C3H8O3.C2H6O3/c4-1-3(6)2-5;1-2(3,4)5/h3-6H,1-2H2;3-5H,1H3. The van der Waals surface area contributed by atoms with Crippen LogP contribution in [-0.2, 0) is 0 Å². The third kappa shape index (κ3) is 41.6. The Morgan fingerprint density at radius 1 is 1.09 bits per heavy atom. The molecule has 0 amide bonds. The van der Waals surface area contributed by atoms with Crippen LogP contribution >= 0.6 is 0 Å². The van der Waals surface area contributed by atoms with Gasteiger partial charge in [0, 0.05) is 6.92 Å². The molecule has 6 nitrogen and oxygen atoms in total. The monoisotopic (exact) mass is 170 g/mol. The van der Waals surface area contributed by atoms with E-state index in [1.54, 1.807) is 0 Å². The van der Waals surface area contributed by atoms with Gasteiger partial charge >= 0.3 is 0 Å². The summed E-state index contributed by atoms with van der Waals surface area (Å²) in [5.74, 6) is -2.50. The van der Waals surface area contributed by atoms with E-state index in [0.29, 0.717) is 0 Å². The molecule has 0 fully saturated rings. The fourth-order valence-electron chi connectivity index (χ4n) is 0.0577. The van der Waals surface area contributed by atoms with Crippen molar-refractivity contribution in [3.05, 3.63) is 0 Å². The largest absolute Gasteiger partial charge is 0.394 e. The van der Waals surface area contributed by atoms with E-state index in [1.165, 1.54) is 0 Å². The molecule has 6 heteroatoms. The molecule has 11 heavy (non-hydrogen) atoms. The molecule has 0 heterocycles. The summed E-state index contributed by atoms with van der Waals surface area (Å²) in [6.07, 6.45) is -0.954. The Kier molecular flexibility index (Phi) is 7.85. The van der Waals surface area contributed by atoms with Crippen LogP contribution in [0.4, 0.5) is 0 Å². The van der Waals surface area contributed by atoms with Crippen LogP contribution in [-0.4, -0.2) is 55.9 Å². The lowest BCUT2D eigenvalue weighted by Crippen LogP contribution is -2.20. The molecule has 0 spiro atoms. The highest BCUT2D eigenvalue weighted by Gasteiger charge is 2.03. The van der Waals surface area contributed by atoms with Crippen molar-refractivity contribution in [3.63, 3.8) is 0 Å². The maximum Gasteiger partial charge on any atom is 0.272 e. The molecule has 0 bridgehead atoms. The van der Waals surface area contributed by atoms with Crippen molar-refractivity contribution < 1.29 is 30.6 Å². The minimum absolute atomic E-state index is 0.365. The quantitative estimate of drug-likeness (QED) is 0.245. The minimum Gasteiger partial charge on any atom is -0.394 e. The van der Waals surface area contributed by atoms with E-state index in [-0.39, 0.29) is 13.2 Å². The molecule has 0 unspecified atom stereocenters. The topological polar surface area (TPSA) is 121 Å². The summed E-state index contributed by atoms with van der Waals surface area (Å²) in [7, 11) is 0. The number of rotatable bonds is 2. The van der Waals surface area contributed by atoms with Crippen LogP contribution < -0.4 is 0 Å². The molecule has 0 saturated carbocycles. The second-order valence-corrected chi connectivity index (χ2v) is 1.99. The average Bonchev–Trinajstić information content (AvgIpc) is 1.83. The van der Waals surface area contributed by atoms with Gasteiger partial charge in [0.15, 0.2) is 0 Å². The van der Waals surface area contributed by atoms with Gasteiger partial charge in [-0.3, -0.25) is 0 Å². The first kappa shape index (κ1) is 13.4. The molecule has 0 radical (unpaired) electrons. The van der Waals surface area contributed by atoms with Crippen LogP contribution in [0.2, 0.25) is 0 Å². The Morgan fingerprint density at radius 2 is 1.27 bits per heavy atom. The summed E-state index contributed by atoms with van der Waals surface area (Å²) in [6, 6.07) is 0. The first-order valence-electron chi connectivity index (χ1n) is 2.88. The predicted octanol–water partition coefficient (Wildman–Crippen LogP) is -3.03. The zero-order chi connectivity index (χ0) is 9.49. The van der Waals surface area contributed by atoms with Gasteiger partial charge in [0.2, 0.25) is 0 Å². The van der Waals surface area contributed by atoms with Crippen LogP contribution in [0.1, 0.15) is 6.92 Å². The van der Waals surface area contributed by atoms with Crippen molar-refractivity contribution in [1.29, 1.82) is 0 Å². The first-order chi connectivity index (χ1) is 4.81. The molecule has 6 N–H and O–H groups in total. The van der Waals surface area contributed by atoms with Gasteiger partial charge in [-0.05, 0) is 0 Å². The normalized spacial score (nSPS) is 10.9. The van der Waals surface area contributed by atoms with Gasteiger partial charge < -0.3 is 30.6 Å². The molecule has 0 aliphatic heterocycles. The summed E-state index contributed by atoms with van der Waals surface area (Å²) in [4.78, 5) is 0. The second-order valence-electron chi connectivity index (χ2n) is 1.99. The Balaban J connectivity index is 0. The zero-order valence-electron chi connectivity index (χ0n) is 6.17. The maximum atomic E-state index is 8.17. The molecule has 0 aliphatic rings. The minimum atomic E-state index is -2.50. The van der Waals surface area contributed by atoms with Gasteiger partial charge in [0.05, 0.1) is 13.2 Å². The highest BCUT2D eigenvalue weighted by Crippen LogP contribution is 1.82. The SMILES string of the molecule is CC(O)(O)O.OCC(O)CO. The van der Waals surface area contributed by atoms with Gasteiger partial charge in [0.1, 0.15) is 6.10 Å². The van der Waals surface area contributed by atoms with Crippen molar-refractivity contribution >= 4 is 0 Å². The molecule has 0 aromatic carbocycles.